The number of anilines is 1. The molecule has 14 heteroatoms. The van der Waals surface area contributed by atoms with Crippen molar-refractivity contribution in [1.82, 2.24) is 24.4 Å². The Morgan fingerprint density at radius 1 is 1.00 bits per heavy atom. The summed E-state index contributed by atoms with van der Waals surface area (Å²) in [4.78, 5) is 15.2. The van der Waals surface area contributed by atoms with Crippen LogP contribution in [-0.2, 0) is 24.0 Å². The monoisotopic (exact) mass is 588 g/mol. The Morgan fingerprint density at radius 2 is 1.76 bits per heavy atom. The van der Waals surface area contributed by atoms with Crippen LogP contribution < -0.4 is 19.5 Å². The lowest BCUT2D eigenvalue weighted by Crippen LogP contribution is -2.46. The minimum absolute atomic E-state index is 0.251. The summed E-state index contributed by atoms with van der Waals surface area (Å²) in [6.07, 6.45) is -2.58. The highest BCUT2D eigenvalue weighted by Gasteiger charge is 2.32. The number of halogens is 3. The second-order valence-corrected chi connectivity index (χ2v) is 9.72. The van der Waals surface area contributed by atoms with Gasteiger partial charge in [-0.3, -0.25) is 9.47 Å². The Bertz CT molecular complexity index is 1510. The normalized spacial score (nSPS) is 17.8. The minimum atomic E-state index is -4.43. The summed E-state index contributed by atoms with van der Waals surface area (Å²) in [7, 11) is 4.63. The number of fused-ring (bicyclic) bond motifs is 1. The molecule has 0 amide bonds. The number of benzene rings is 2. The molecular weight excluding hydrogens is 557 g/mol. The first-order chi connectivity index (χ1) is 20.2. The zero-order valence-corrected chi connectivity index (χ0v) is 23.3. The molecule has 2 atom stereocenters. The van der Waals surface area contributed by atoms with E-state index in [-0.39, 0.29) is 13.2 Å². The van der Waals surface area contributed by atoms with Gasteiger partial charge in [-0.25, -0.2) is 15.0 Å². The molecule has 0 aliphatic carbocycles. The molecular formula is C28H31F3N6O5. The van der Waals surface area contributed by atoms with Crippen molar-refractivity contribution in [3.8, 4) is 17.2 Å². The van der Waals surface area contributed by atoms with E-state index in [1.54, 1.807) is 31.2 Å². The Labute approximate surface area is 239 Å². The van der Waals surface area contributed by atoms with Gasteiger partial charge in [0.25, 0.3) is 0 Å². The number of nitrogens with zero attached hydrogens (tertiary/aromatic N) is 5. The fourth-order valence-corrected chi connectivity index (χ4v) is 4.99. The lowest BCUT2D eigenvalue weighted by molar-refractivity contribution is -0.138. The summed E-state index contributed by atoms with van der Waals surface area (Å²) in [5.41, 5.74) is 1.66. The molecule has 1 saturated heterocycles. The molecule has 0 bridgehead atoms. The topological polar surface area (TPSA) is 116 Å². The minimum Gasteiger partial charge on any atom is -0.493 e. The number of methoxy groups -OCH3 is 3. The number of aliphatic hydroxyl groups is 1. The summed E-state index contributed by atoms with van der Waals surface area (Å²) < 4.78 is 63.8. The molecule has 0 unspecified atom stereocenters. The number of aromatic nitrogens is 4. The summed E-state index contributed by atoms with van der Waals surface area (Å²) in [6, 6.07) is 8.90. The van der Waals surface area contributed by atoms with E-state index in [0.29, 0.717) is 59.4 Å². The summed E-state index contributed by atoms with van der Waals surface area (Å²) >= 11 is 0. The van der Waals surface area contributed by atoms with Crippen LogP contribution in [0.1, 0.15) is 22.9 Å². The van der Waals surface area contributed by atoms with Gasteiger partial charge in [0.05, 0.1) is 45.9 Å². The molecule has 0 saturated carbocycles. The van der Waals surface area contributed by atoms with Crippen LogP contribution in [0.2, 0.25) is 0 Å². The molecule has 0 radical (unpaired) electrons. The van der Waals surface area contributed by atoms with E-state index in [1.807, 2.05) is 17.0 Å². The van der Waals surface area contributed by atoms with E-state index in [1.165, 1.54) is 19.5 Å². The molecule has 3 heterocycles. The first-order valence-electron chi connectivity index (χ1n) is 13.1. The van der Waals surface area contributed by atoms with Crippen molar-refractivity contribution in [2.75, 3.05) is 46.3 Å². The number of aliphatic hydroxyl groups excluding tert-OH is 1. The first kappa shape index (κ1) is 29.4. The Hall–Kier alpha value is -4.14. The van der Waals surface area contributed by atoms with Crippen LogP contribution in [0, 0.1) is 0 Å². The molecule has 5 rings (SSSR count). The van der Waals surface area contributed by atoms with E-state index in [9.17, 15) is 18.3 Å². The van der Waals surface area contributed by atoms with Gasteiger partial charge < -0.3 is 29.4 Å². The predicted octanol–water partition coefficient (Wildman–Crippen LogP) is 3.87. The van der Waals surface area contributed by atoms with Crippen LogP contribution in [0.5, 0.6) is 17.2 Å². The lowest BCUT2D eigenvalue weighted by Gasteiger charge is -2.38. The maximum Gasteiger partial charge on any atom is 0.416 e. The number of alkyl halides is 3. The van der Waals surface area contributed by atoms with Crippen LogP contribution in [0.15, 0.2) is 49.1 Å². The molecule has 224 valence electrons. The zero-order valence-electron chi connectivity index (χ0n) is 23.3. The summed E-state index contributed by atoms with van der Waals surface area (Å²) in [5.74, 6) is 2.02. The standard InChI is InChI=1S/C28H31F3N6O5/c1-39-21-8-18(9-22(40-2)25(21)41-3)10-32-26-24-27(34-15-33-26)37(16-35-24)23-13-36(12-20(14-38)42-23)11-17-5-4-6-19(7-17)28(29,30)31/h4-9,15-16,20,23,38H,10-14H2,1-3H3,(H,32,33,34)/t20-,23+/m0/s1. The van der Waals surface area contributed by atoms with E-state index in [2.05, 4.69) is 20.3 Å². The third kappa shape index (κ3) is 6.20. The van der Waals surface area contributed by atoms with Crippen molar-refractivity contribution >= 4 is 17.0 Å². The van der Waals surface area contributed by atoms with Crippen LogP contribution in [0.25, 0.3) is 11.2 Å². The molecule has 2 aromatic heterocycles. The molecule has 0 spiro atoms. The molecule has 1 aliphatic heterocycles. The summed E-state index contributed by atoms with van der Waals surface area (Å²) in [6.45, 7) is 1.07. The van der Waals surface area contributed by atoms with Gasteiger partial charge in [0.1, 0.15) is 12.6 Å². The molecule has 1 aliphatic rings. The van der Waals surface area contributed by atoms with Crippen molar-refractivity contribution in [3.05, 3.63) is 65.7 Å². The van der Waals surface area contributed by atoms with Gasteiger partial charge in [0.2, 0.25) is 5.75 Å². The number of morpholine rings is 1. The first-order valence-corrected chi connectivity index (χ1v) is 13.1. The Kier molecular flexibility index (Phi) is 8.66. The number of hydrogen-bond donors (Lipinski definition) is 2. The average molecular weight is 589 g/mol. The van der Waals surface area contributed by atoms with Gasteiger partial charge in [0.15, 0.2) is 28.5 Å². The van der Waals surface area contributed by atoms with Gasteiger partial charge >= 0.3 is 6.18 Å². The SMILES string of the molecule is COc1cc(CNc2ncnc3c2ncn3[C@H]2CN(Cc3cccc(C(F)(F)F)c3)C[C@@H](CO)O2)cc(OC)c1OC. The highest BCUT2D eigenvalue weighted by molar-refractivity contribution is 5.82. The maximum atomic E-state index is 13.2. The van der Waals surface area contributed by atoms with Gasteiger partial charge in [-0.05, 0) is 29.3 Å². The number of rotatable bonds is 10. The van der Waals surface area contributed by atoms with Crippen molar-refractivity contribution < 1.29 is 37.2 Å². The van der Waals surface area contributed by atoms with Crippen LogP contribution >= 0.6 is 0 Å². The van der Waals surface area contributed by atoms with Crippen LogP contribution in [0.4, 0.5) is 19.0 Å². The highest BCUT2D eigenvalue weighted by Crippen LogP contribution is 2.38. The third-order valence-electron chi connectivity index (χ3n) is 6.94. The number of hydrogen-bond acceptors (Lipinski definition) is 10. The van der Waals surface area contributed by atoms with Crippen molar-refractivity contribution in [3.63, 3.8) is 0 Å². The second kappa shape index (κ2) is 12.4. The van der Waals surface area contributed by atoms with Gasteiger partial charge in [0, 0.05) is 26.2 Å². The third-order valence-corrected chi connectivity index (χ3v) is 6.94. The smallest absolute Gasteiger partial charge is 0.416 e. The quantitative estimate of drug-likeness (QED) is 0.283. The number of ether oxygens (including phenoxy) is 4. The van der Waals surface area contributed by atoms with Crippen molar-refractivity contribution in [2.24, 2.45) is 0 Å². The fraction of sp³-hybridized carbons (Fsp3) is 0.393. The van der Waals surface area contributed by atoms with Gasteiger partial charge in [-0.1, -0.05) is 18.2 Å². The predicted molar refractivity (Wildman–Crippen MR) is 146 cm³/mol. The van der Waals surface area contributed by atoms with E-state index in [0.717, 1.165) is 17.7 Å². The second-order valence-electron chi connectivity index (χ2n) is 9.72. The van der Waals surface area contributed by atoms with E-state index in [4.69, 9.17) is 18.9 Å². The van der Waals surface area contributed by atoms with E-state index < -0.39 is 24.1 Å². The van der Waals surface area contributed by atoms with Gasteiger partial charge in [-0.15, -0.1) is 0 Å². The molecule has 1 fully saturated rings. The molecule has 2 aromatic carbocycles. The average Bonchev–Trinajstić information content (AvgIpc) is 3.44. The summed E-state index contributed by atoms with van der Waals surface area (Å²) in [5, 5.41) is 13.2. The number of imidazole rings is 1. The molecule has 42 heavy (non-hydrogen) atoms. The van der Waals surface area contributed by atoms with E-state index >= 15 is 0 Å². The molecule has 2 N–H and O–H groups in total. The zero-order chi connectivity index (χ0) is 29.9. The van der Waals surface area contributed by atoms with Gasteiger partial charge in [-0.2, -0.15) is 13.2 Å². The van der Waals surface area contributed by atoms with Crippen LogP contribution in [0.3, 0.4) is 0 Å². The maximum absolute atomic E-state index is 13.2. The molecule has 4 aromatic rings. The Morgan fingerprint density at radius 3 is 2.43 bits per heavy atom. The number of nitrogens with one attached hydrogen (secondary N) is 1. The van der Waals surface area contributed by atoms with Crippen LogP contribution in [-0.4, -0.2) is 76.7 Å². The van der Waals surface area contributed by atoms with Crippen molar-refractivity contribution in [1.29, 1.82) is 0 Å². The molecule has 11 nitrogen and oxygen atoms in total. The Balaban J connectivity index is 1.36. The lowest BCUT2D eigenvalue weighted by atomic mass is 10.1. The largest absolute Gasteiger partial charge is 0.493 e. The van der Waals surface area contributed by atoms with Crippen molar-refractivity contribution in [2.45, 2.75) is 31.6 Å². The fourth-order valence-electron chi connectivity index (χ4n) is 4.99. The highest BCUT2D eigenvalue weighted by atomic mass is 19.4.